The van der Waals surface area contributed by atoms with E-state index in [1.165, 1.54) is 30.5 Å². The lowest BCUT2D eigenvalue weighted by atomic mass is 10.2. The van der Waals surface area contributed by atoms with Gasteiger partial charge in [0.1, 0.15) is 17.3 Å². The number of hydrogen-bond acceptors (Lipinski definition) is 3. The van der Waals surface area contributed by atoms with Crippen LogP contribution in [0.2, 0.25) is 10.0 Å². The fourth-order valence-electron chi connectivity index (χ4n) is 2.05. The average molecular weight is 377 g/mol. The Morgan fingerprint density at radius 3 is 2.52 bits per heavy atom. The quantitative estimate of drug-likeness (QED) is 0.505. The first-order valence-electron chi connectivity index (χ1n) is 7.17. The molecule has 2 aromatic carbocycles. The third kappa shape index (κ3) is 4.26. The van der Waals surface area contributed by atoms with Gasteiger partial charge in [0.15, 0.2) is 0 Å². The minimum absolute atomic E-state index is 0.300. The summed E-state index contributed by atoms with van der Waals surface area (Å²) < 4.78 is 18.4. The lowest BCUT2D eigenvalue weighted by molar-refractivity contribution is 0.0955. The summed E-state index contributed by atoms with van der Waals surface area (Å²) in [6.45, 7) is 0. The van der Waals surface area contributed by atoms with Crippen LogP contribution in [0.5, 0.6) is 0 Å². The van der Waals surface area contributed by atoms with Crippen LogP contribution in [0.15, 0.2) is 64.1 Å². The number of rotatable bonds is 4. The molecule has 1 aromatic heterocycles. The van der Waals surface area contributed by atoms with Gasteiger partial charge in [0.05, 0.1) is 16.3 Å². The number of carbonyl (C=O) groups is 1. The Morgan fingerprint density at radius 1 is 1.04 bits per heavy atom. The molecule has 0 aliphatic heterocycles. The molecule has 0 radical (unpaired) electrons. The molecule has 7 heteroatoms. The first-order chi connectivity index (χ1) is 12.0. The van der Waals surface area contributed by atoms with Gasteiger partial charge in [-0.1, -0.05) is 23.2 Å². The predicted molar refractivity (Wildman–Crippen MR) is 95.6 cm³/mol. The van der Waals surface area contributed by atoms with E-state index in [0.29, 0.717) is 27.1 Å². The highest BCUT2D eigenvalue weighted by molar-refractivity contribution is 6.42. The van der Waals surface area contributed by atoms with Crippen molar-refractivity contribution in [3.05, 3.63) is 81.8 Å². The maximum atomic E-state index is 12.8. The SMILES string of the molecule is O=C(N/N=C/c1ccc(-c2ccc(Cl)c(Cl)c2)o1)c1ccc(F)cc1. The van der Waals surface area contributed by atoms with E-state index < -0.39 is 11.7 Å². The van der Waals surface area contributed by atoms with Gasteiger partial charge >= 0.3 is 0 Å². The Bertz CT molecular complexity index is 937. The number of nitrogens with zero attached hydrogens (tertiary/aromatic N) is 1. The van der Waals surface area contributed by atoms with Crippen LogP contribution < -0.4 is 5.43 Å². The second-order valence-corrected chi connectivity index (χ2v) is 5.85. The molecule has 0 atom stereocenters. The highest BCUT2D eigenvalue weighted by atomic mass is 35.5. The minimum Gasteiger partial charge on any atom is -0.455 e. The maximum absolute atomic E-state index is 12.8. The second kappa shape index (κ2) is 7.51. The number of hydrazone groups is 1. The topological polar surface area (TPSA) is 54.6 Å². The molecule has 1 N–H and O–H groups in total. The van der Waals surface area contributed by atoms with Crippen LogP contribution in [0.3, 0.4) is 0 Å². The fraction of sp³-hybridized carbons (Fsp3) is 0. The molecule has 1 amide bonds. The third-order valence-corrected chi connectivity index (χ3v) is 4.03. The standard InChI is InChI=1S/C18H11Cl2FN2O2/c19-15-7-3-12(9-16(15)20)17-8-6-14(25-17)10-22-23-18(24)11-1-4-13(21)5-2-11/h1-10H,(H,23,24)/b22-10+. The zero-order chi connectivity index (χ0) is 17.8. The van der Waals surface area contributed by atoms with Gasteiger partial charge in [0.2, 0.25) is 0 Å². The summed E-state index contributed by atoms with van der Waals surface area (Å²) in [6.07, 6.45) is 1.36. The van der Waals surface area contributed by atoms with Crippen molar-refractivity contribution in [2.45, 2.75) is 0 Å². The van der Waals surface area contributed by atoms with E-state index in [2.05, 4.69) is 10.5 Å². The third-order valence-electron chi connectivity index (χ3n) is 3.30. The zero-order valence-electron chi connectivity index (χ0n) is 12.7. The van der Waals surface area contributed by atoms with E-state index in [4.69, 9.17) is 27.6 Å². The van der Waals surface area contributed by atoms with E-state index in [1.807, 2.05) is 0 Å². The monoisotopic (exact) mass is 376 g/mol. The molecule has 0 saturated carbocycles. The largest absolute Gasteiger partial charge is 0.455 e. The molecule has 0 aliphatic carbocycles. The summed E-state index contributed by atoms with van der Waals surface area (Å²) in [5.41, 5.74) is 3.41. The van der Waals surface area contributed by atoms with Crippen molar-refractivity contribution in [3.63, 3.8) is 0 Å². The minimum atomic E-state index is -0.451. The lowest BCUT2D eigenvalue weighted by Gasteiger charge is -2.00. The zero-order valence-corrected chi connectivity index (χ0v) is 14.2. The number of nitrogens with one attached hydrogen (secondary N) is 1. The number of benzene rings is 2. The summed E-state index contributed by atoms with van der Waals surface area (Å²) in [5, 5.41) is 4.71. The van der Waals surface area contributed by atoms with Crippen molar-refractivity contribution >= 4 is 35.3 Å². The smallest absolute Gasteiger partial charge is 0.271 e. The summed E-state index contributed by atoms with van der Waals surface area (Å²) in [5.74, 6) is 0.170. The Balaban J connectivity index is 1.66. The molecule has 0 unspecified atom stereocenters. The molecular formula is C18H11Cl2FN2O2. The van der Waals surface area contributed by atoms with Gasteiger partial charge in [-0.15, -0.1) is 0 Å². The molecular weight excluding hydrogens is 366 g/mol. The molecule has 3 aromatic rings. The highest BCUT2D eigenvalue weighted by Crippen LogP contribution is 2.29. The van der Waals surface area contributed by atoms with Gasteiger partial charge in [-0.05, 0) is 54.6 Å². The fourth-order valence-corrected chi connectivity index (χ4v) is 2.35. The van der Waals surface area contributed by atoms with Gasteiger partial charge in [0, 0.05) is 11.1 Å². The molecule has 0 aliphatic rings. The van der Waals surface area contributed by atoms with Crippen molar-refractivity contribution in [2.24, 2.45) is 5.10 Å². The Labute approximate surface area is 152 Å². The molecule has 0 fully saturated rings. The van der Waals surface area contributed by atoms with E-state index in [0.717, 1.165) is 5.56 Å². The van der Waals surface area contributed by atoms with Gasteiger partial charge in [-0.2, -0.15) is 5.10 Å². The van der Waals surface area contributed by atoms with Crippen LogP contribution in [0.25, 0.3) is 11.3 Å². The predicted octanol–water partition coefficient (Wildman–Crippen LogP) is 5.16. The van der Waals surface area contributed by atoms with Crippen LogP contribution in [-0.2, 0) is 0 Å². The van der Waals surface area contributed by atoms with Crippen molar-refractivity contribution in [3.8, 4) is 11.3 Å². The summed E-state index contributed by atoms with van der Waals surface area (Å²) >= 11 is 11.9. The summed E-state index contributed by atoms with van der Waals surface area (Å²) in [4.78, 5) is 11.8. The molecule has 1 heterocycles. The molecule has 4 nitrogen and oxygen atoms in total. The number of hydrogen-bond donors (Lipinski definition) is 1. The molecule has 25 heavy (non-hydrogen) atoms. The van der Waals surface area contributed by atoms with Gasteiger partial charge in [0.25, 0.3) is 5.91 Å². The maximum Gasteiger partial charge on any atom is 0.271 e. The van der Waals surface area contributed by atoms with E-state index in [1.54, 1.807) is 30.3 Å². The van der Waals surface area contributed by atoms with Crippen LogP contribution >= 0.6 is 23.2 Å². The number of halogens is 3. The van der Waals surface area contributed by atoms with Crippen molar-refractivity contribution in [1.29, 1.82) is 0 Å². The van der Waals surface area contributed by atoms with Crippen LogP contribution in [-0.4, -0.2) is 12.1 Å². The van der Waals surface area contributed by atoms with Crippen molar-refractivity contribution in [1.82, 2.24) is 5.43 Å². The Hall–Kier alpha value is -2.63. The number of furan rings is 1. The van der Waals surface area contributed by atoms with Gasteiger partial charge < -0.3 is 4.42 Å². The highest BCUT2D eigenvalue weighted by Gasteiger charge is 2.07. The van der Waals surface area contributed by atoms with Crippen molar-refractivity contribution in [2.75, 3.05) is 0 Å². The van der Waals surface area contributed by atoms with Gasteiger partial charge in [-0.3, -0.25) is 4.79 Å². The number of carbonyl (C=O) groups excluding carboxylic acids is 1. The Kier molecular flexibility index (Phi) is 5.16. The van der Waals surface area contributed by atoms with Gasteiger partial charge in [-0.25, -0.2) is 9.82 Å². The second-order valence-electron chi connectivity index (χ2n) is 5.04. The summed E-state index contributed by atoms with van der Waals surface area (Å²) in [7, 11) is 0. The molecule has 3 rings (SSSR count). The van der Waals surface area contributed by atoms with E-state index >= 15 is 0 Å². The lowest BCUT2D eigenvalue weighted by Crippen LogP contribution is -2.17. The van der Waals surface area contributed by atoms with Crippen LogP contribution in [0.4, 0.5) is 4.39 Å². The van der Waals surface area contributed by atoms with E-state index in [-0.39, 0.29) is 0 Å². The normalized spacial score (nSPS) is 11.0. The molecule has 126 valence electrons. The molecule has 0 saturated heterocycles. The molecule has 0 bridgehead atoms. The van der Waals surface area contributed by atoms with Crippen LogP contribution in [0, 0.1) is 5.82 Å². The number of amides is 1. The van der Waals surface area contributed by atoms with Crippen molar-refractivity contribution < 1.29 is 13.6 Å². The molecule has 0 spiro atoms. The van der Waals surface area contributed by atoms with Crippen LogP contribution in [0.1, 0.15) is 16.1 Å². The average Bonchev–Trinajstić information content (AvgIpc) is 3.07. The first-order valence-corrected chi connectivity index (χ1v) is 7.93. The first kappa shape index (κ1) is 17.2. The summed E-state index contributed by atoms with van der Waals surface area (Å²) in [6, 6.07) is 13.8. The van der Waals surface area contributed by atoms with E-state index in [9.17, 15) is 9.18 Å². The Morgan fingerprint density at radius 2 is 1.80 bits per heavy atom.